The molecule has 0 amide bonds. The van der Waals surface area contributed by atoms with E-state index in [4.69, 9.17) is 5.11 Å². The van der Waals surface area contributed by atoms with Crippen molar-refractivity contribution in [2.45, 2.75) is 24.8 Å². The predicted octanol–water partition coefficient (Wildman–Crippen LogP) is 1.09. The van der Waals surface area contributed by atoms with Crippen LogP contribution in [0.1, 0.15) is 13.8 Å². The van der Waals surface area contributed by atoms with Crippen molar-refractivity contribution in [3.8, 4) is 11.8 Å². The molecular formula is C12H14O2Se. The molecule has 0 radical (unpaired) electrons. The first-order valence-electron chi connectivity index (χ1n) is 4.76. The Bertz CT molecular complexity index is 387. The van der Waals surface area contributed by atoms with Crippen LogP contribution in [0.5, 0.6) is 0 Å². The number of hydrogen-bond acceptors (Lipinski definition) is 2. The first kappa shape index (κ1) is 12.1. The molecule has 0 aliphatic rings. The number of benzene rings is 1. The Hall–Kier alpha value is -0.941. The fourth-order valence-corrected chi connectivity index (χ4v) is 3.17. The van der Waals surface area contributed by atoms with Gasteiger partial charge in [-0.1, -0.05) is 0 Å². The van der Waals surface area contributed by atoms with E-state index in [0.29, 0.717) is 0 Å². The van der Waals surface area contributed by atoms with Crippen molar-refractivity contribution >= 4 is 18.3 Å². The Morgan fingerprint density at radius 2 is 1.80 bits per heavy atom. The van der Waals surface area contributed by atoms with Gasteiger partial charge in [-0.2, -0.15) is 0 Å². The summed E-state index contributed by atoms with van der Waals surface area (Å²) in [5, 5.41) is 8.99. The zero-order chi connectivity index (χ0) is 11.3. The summed E-state index contributed by atoms with van der Waals surface area (Å²) in [7, 11) is 0. The summed E-state index contributed by atoms with van der Waals surface area (Å²) in [6.07, 6.45) is -0.651. The molecule has 0 saturated carbocycles. The minimum absolute atomic E-state index is 0.165. The average Bonchev–Trinajstić information content (AvgIpc) is 2.26. The van der Waals surface area contributed by atoms with Gasteiger partial charge in [0, 0.05) is 0 Å². The van der Waals surface area contributed by atoms with E-state index in [1.807, 2.05) is 37.3 Å². The van der Waals surface area contributed by atoms with Gasteiger partial charge >= 0.3 is 94.2 Å². The average molecular weight is 269 g/mol. The number of aliphatic hydroxyl groups excluding tert-OH is 1. The van der Waals surface area contributed by atoms with Crippen LogP contribution in [0.2, 0.25) is 4.82 Å². The van der Waals surface area contributed by atoms with E-state index in [2.05, 4.69) is 11.8 Å². The summed E-state index contributed by atoms with van der Waals surface area (Å²) in [5.74, 6) is 5.46. The van der Waals surface area contributed by atoms with E-state index in [1.54, 1.807) is 6.92 Å². The van der Waals surface area contributed by atoms with Crippen molar-refractivity contribution < 1.29 is 8.94 Å². The van der Waals surface area contributed by atoms with Crippen LogP contribution in [0.25, 0.3) is 0 Å². The zero-order valence-corrected chi connectivity index (χ0v) is 10.5. The Balaban J connectivity index is 2.75. The van der Waals surface area contributed by atoms with Crippen molar-refractivity contribution in [2.75, 3.05) is 0 Å². The van der Waals surface area contributed by atoms with Gasteiger partial charge in [0.2, 0.25) is 0 Å². The maximum absolute atomic E-state index is 12.0. The van der Waals surface area contributed by atoms with Crippen molar-refractivity contribution in [1.29, 1.82) is 0 Å². The van der Waals surface area contributed by atoms with Gasteiger partial charge in [-0.05, 0) is 0 Å². The molecule has 0 heterocycles. The second-order valence-corrected chi connectivity index (χ2v) is 6.94. The number of rotatable bonds is 2. The molecule has 0 aliphatic heterocycles. The standard InChI is InChI=1S/C12H14O2Se/c1-10(13)8-9-11(2)15(14)12-6-4-3-5-7-12/h3-7,10-11,13H,1-2H3. The summed E-state index contributed by atoms with van der Waals surface area (Å²) in [5.41, 5.74) is 0. The van der Waals surface area contributed by atoms with Gasteiger partial charge in [0.05, 0.1) is 0 Å². The fraction of sp³-hybridized carbons (Fsp3) is 0.333. The monoisotopic (exact) mass is 270 g/mol. The third-order valence-electron chi connectivity index (χ3n) is 1.79. The molecule has 0 spiro atoms. The molecule has 1 aromatic carbocycles. The predicted molar refractivity (Wildman–Crippen MR) is 61.4 cm³/mol. The van der Waals surface area contributed by atoms with Gasteiger partial charge in [-0.3, -0.25) is 0 Å². The topological polar surface area (TPSA) is 37.3 Å². The molecule has 0 fully saturated rings. The number of aliphatic hydroxyl groups is 1. The van der Waals surface area contributed by atoms with Gasteiger partial charge in [0.1, 0.15) is 0 Å². The summed E-state index contributed by atoms with van der Waals surface area (Å²) in [4.78, 5) is -0.165. The summed E-state index contributed by atoms with van der Waals surface area (Å²) >= 11 is -2.11. The molecule has 3 atom stereocenters. The second kappa shape index (κ2) is 5.82. The molecule has 2 nitrogen and oxygen atoms in total. The molecule has 3 unspecified atom stereocenters. The van der Waals surface area contributed by atoms with Gasteiger partial charge in [-0.15, -0.1) is 0 Å². The van der Waals surface area contributed by atoms with Crippen LogP contribution < -0.4 is 4.46 Å². The van der Waals surface area contributed by atoms with Crippen LogP contribution in [-0.4, -0.2) is 25.0 Å². The molecule has 0 aromatic heterocycles. The van der Waals surface area contributed by atoms with Crippen molar-refractivity contribution in [3.05, 3.63) is 30.3 Å². The van der Waals surface area contributed by atoms with E-state index in [1.165, 1.54) is 0 Å². The first-order valence-corrected chi connectivity index (χ1v) is 7.30. The molecule has 0 saturated heterocycles. The SMILES string of the molecule is CC(O)C#CC(C)[Se](=O)c1ccccc1. The van der Waals surface area contributed by atoms with Gasteiger partial charge in [0.15, 0.2) is 0 Å². The van der Waals surface area contributed by atoms with Crippen LogP contribution in [0.4, 0.5) is 0 Å². The molecule has 0 aliphatic carbocycles. The van der Waals surface area contributed by atoms with Gasteiger partial charge in [0.25, 0.3) is 0 Å². The molecule has 80 valence electrons. The van der Waals surface area contributed by atoms with E-state index >= 15 is 0 Å². The van der Waals surface area contributed by atoms with Crippen LogP contribution in [0, 0.1) is 11.8 Å². The van der Waals surface area contributed by atoms with Gasteiger partial charge < -0.3 is 0 Å². The van der Waals surface area contributed by atoms with E-state index in [0.717, 1.165) is 4.46 Å². The van der Waals surface area contributed by atoms with E-state index in [9.17, 15) is 3.83 Å². The van der Waals surface area contributed by atoms with Crippen LogP contribution in [-0.2, 0) is 3.83 Å². The van der Waals surface area contributed by atoms with E-state index in [-0.39, 0.29) is 4.82 Å². The molecule has 15 heavy (non-hydrogen) atoms. The minimum atomic E-state index is -2.11. The summed E-state index contributed by atoms with van der Waals surface area (Å²) in [6, 6.07) is 9.36. The quantitative estimate of drug-likeness (QED) is 0.644. The number of hydrogen-bond donors (Lipinski definition) is 1. The molecule has 1 N–H and O–H groups in total. The fourth-order valence-electron chi connectivity index (χ4n) is 1.05. The first-order chi connectivity index (χ1) is 7.11. The molecule has 0 bridgehead atoms. The van der Waals surface area contributed by atoms with E-state index < -0.39 is 19.9 Å². The van der Waals surface area contributed by atoms with Crippen LogP contribution in [0.15, 0.2) is 30.3 Å². The van der Waals surface area contributed by atoms with Crippen molar-refractivity contribution in [1.82, 2.24) is 0 Å². The third kappa shape index (κ3) is 3.97. The second-order valence-electron chi connectivity index (χ2n) is 3.22. The Morgan fingerprint density at radius 1 is 1.20 bits per heavy atom. The Kier molecular flexibility index (Phi) is 4.71. The zero-order valence-electron chi connectivity index (χ0n) is 8.81. The Morgan fingerprint density at radius 3 is 2.33 bits per heavy atom. The molecule has 3 heteroatoms. The Labute approximate surface area is 94.4 Å². The normalized spacial score (nSPS) is 15.9. The van der Waals surface area contributed by atoms with Crippen LogP contribution >= 0.6 is 0 Å². The van der Waals surface area contributed by atoms with Crippen molar-refractivity contribution in [2.24, 2.45) is 0 Å². The molecule has 1 aromatic rings. The van der Waals surface area contributed by atoms with Crippen molar-refractivity contribution in [3.63, 3.8) is 0 Å². The van der Waals surface area contributed by atoms with Crippen LogP contribution in [0.3, 0.4) is 0 Å². The summed E-state index contributed by atoms with van der Waals surface area (Å²) < 4.78 is 12.8. The molecular weight excluding hydrogens is 255 g/mol. The maximum atomic E-state index is 12.0. The van der Waals surface area contributed by atoms with Gasteiger partial charge in [-0.25, -0.2) is 0 Å². The molecule has 1 rings (SSSR count). The third-order valence-corrected chi connectivity index (χ3v) is 4.93. The summed E-state index contributed by atoms with van der Waals surface area (Å²) in [6.45, 7) is 3.43.